The Morgan fingerprint density at radius 1 is 0.959 bits per heavy atom. The Hall–Kier alpha value is -4.01. The normalized spacial score (nSPS) is 21.8. The summed E-state index contributed by atoms with van der Waals surface area (Å²) in [6.45, 7) is 0.599. The van der Waals surface area contributed by atoms with Crippen molar-refractivity contribution in [3.8, 4) is 17.8 Å². The van der Waals surface area contributed by atoms with Gasteiger partial charge in [-0.25, -0.2) is 4.39 Å². The van der Waals surface area contributed by atoms with Crippen molar-refractivity contribution in [1.82, 2.24) is 24.7 Å². The van der Waals surface area contributed by atoms with Crippen LogP contribution >= 0.6 is 0 Å². The summed E-state index contributed by atoms with van der Waals surface area (Å²) in [5, 5.41) is 0. The summed E-state index contributed by atoms with van der Waals surface area (Å²) < 4.78 is 74.5. The third-order valence-electron chi connectivity index (χ3n) is 9.25. The zero-order chi connectivity index (χ0) is 34.4. The topological polar surface area (TPSA) is 89.5 Å². The number of halogens is 4. The van der Waals surface area contributed by atoms with Gasteiger partial charge in [0.25, 0.3) is 5.91 Å². The van der Waals surface area contributed by atoms with E-state index in [1.54, 1.807) is 0 Å². The van der Waals surface area contributed by atoms with Gasteiger partial charge in [-0.05, 0) is 24.0 Å². The molecule has 2 aromatic carbocycles. The van der Waals surface area contributed by atoms with Gasteiger partial charge >= 0.3 is 12.2 Å². The molecular weight excluding hydrogens is 646 g/mol. The quantitative estimate of drug-likeness (QED) is 0.256. The molecule has 0 saturated carbocycles. The number of piperazine rings is 2. The molecule has 4 heterocycles. The number of alkyl halides is 4. The van der Waals surface area contributed by atoms with E-state index in [2.05, 4.69) is 44.0 Å². The van der Waals surface area contributed by atoms with Crippen molar-refractivity contribution in [3.63, 3.8) is 0 Å². The van der Waals surface area contributed by atoms with E-state index in [-0.39, 0.29) is 60.4 Å². The number of carbonyl (C=O) groups excluding carboxylic acids is 1. The van der Waals surface area contributed by atoms with Gasteiger partial charge in [0.05, 0.1) is 12.7 Å². The third-order valence-corrected chi connectivity index (χ3v) is 9.25. The fraction of sp³-hybridized carbons (Fsp3) is 0.514. The summed E-state index contributed by atoms with van der Waals surface area (Å²) in [7, 11) is 1.34. The van der Waals surface area contributed by atoms with Gasteiger partial charge in [0.15, 0.2) is 6.61 Å². The van der Waals surface area contributed by atoms with Crippen molar-refractivity contribution in [1.29, 1.82) is 0 Å². The number of hydrogen-bond donors (Lipinski definition) is 0. The minimum absolute atomic E-state index is 0.00438. The average Bonchev–Trinajstić information content (AvgIpc) is 3.66. The molecule has 10 nitrogen and oxygen atoms in total. The summed E-state index contributed by atoms with van der Waals surface area (Å²) in [6.07, 6.45) is -3.51. The first-order valence-corrected chi connectivity index (χ1v) is 16.6. The monoisotopic (exact) mass is 687 g/mol. The maximum absolute atomic E-state index is 13.5. The zero-order valence-electron chi connectivity index (χ0n) is 27.4. The van der Waals surface area contributed by atoms with Gasteiger partial charge in [-0.2, -0.15) is 23.1 Å². The number of carbonyl (C=O) groups is 1. The molecule has 0 aliphatic carbocycles. The van der Waals surface area contributed by atoms with Crippen LogP contribution < -0.4 is 14.2 Å². The SMILES string of the molecule is COc1nc(OCCF)nc(OCC(F)(F)F)c1CN1C[C@@H]2CN(C(=O)[C@H]3CCCO3)CCN2[C@H](C(c2ccccc2)c2ccccc2)C1. The van der Waals surface area contributed by atoms with E-state index in [0.29, 0.717) is 45.8 Å². The van der Waals surface area contributed by atoms with Crippen LogP contribution in [0.15, 0.2) is 60.7 Å². The number of rotatable bonds is 12. The molecule has 0 radical (unpaired) electrons. The number of amides is 1. The van der Waals surface area contributed by atoms with Crippen molar-refractivity contribution in [3.05, 3.63) is 77.4 Å². The fourth-order valence-corrected chi connectivity index (χ4v) is 7.19. The highest BCUT2D eigenvalue weighted by atomic mass is 19.4. The van der Waals surface area contributed by atoms with Gasteiger partial charge in [-0.1, -0.05) is 60.7 Å². The molecule has 0 spiro atoms. The Bertz CT molecular complexity index is 1490. The molecule has 6 rings (SSSR count). The molecule has 3 atom stereocenters. The van der Waals surface area contributed by atoms with E-state index in [1.807, 2.05) is 41.3 Å². The van der Waals surface area contributed by atoms with E-state index in [9.17, 15) is 22.4 Å². The first kappa shape index (κ1) is 34.8. The van der Waals surface area contributed by atoms with Crippen LogP contribution in [-0.4, -0.2) is 121 Å². The number of benzene rings is 2. The third kappa shape index (κ3) is 8.42. The lowest BCUT2D eigenvalue weighted by molar-refractivity contribution is -0.154. The molecule has 14 heteroatoms. The van der Waals surface area contributed by atoms with Crippen LogP contribution in [0, 0.1) is 0 Å². The van der Waals surface area contributed by atoms with E-state index in [1.165, 1.54) is 7.11 Å². The number of aromatic nitrogens is 2. The van der Waals surface area contributed by atoms with E-state index >= 15 is 0 Å². The van der Waals surface area contributed by atoms with Crippen LogP contribution in [0.1, 0.15) is 35.4 Å². The Kier molecular flexibility index (Phi) is 11.2. The molecule has 3 saturated heterocycles. The van der Waals surface area contributed by atoms with Gasteiger partial charge in [0, 0.05) is 63.9 Å². The van der Waals surface area contributed by atoms with Crippen LogP contribution in [0.25, 0.3) is 0 Å². The summed E-state index contributed by atoms with van der Waals surface area (Å²) >= 11 is 0. The Balaban J connectivity index is 1.36. The lowest BCUT2D eigenvalue weighted by atomic mass is 9.81. The van der Waals surface area contributed by atoms with Crippen molar-refractivity contribution in [2.24, 2.45) is 0 Å². The van der Waals surface area contributed by atoms with Gasteiger partial charge < -0.3 is 23.8 Å². The second-order valence-electron chi connectivity index (χ2n) is 12.5. The molecular formula is C35H41F4N5O5. The van der Waals surface area contributed by atoms with Gasteiger partial charge in [0.1, 0.15) is 19.4 Å². The smallest absolute Gasteiger partial charge is 0.422 e. The number of fused-ring (bicyclic) bond motifs is 1. The number of ether oxygens (including phenoxy) is 4. The highest BCUT2D eigenvalue weighted by Crippen LogP contribution is 2.38. The number of hydrogen-bond acceptors (Lipinski definition) is 9. The fourth-order valence-electron chi connectivity index (χ4n) is 7.19. The van der Waals surface area contributed by atoms with E-state index in [4.69, 9.17) is 18.9 Å². The van der Waals surface area contributed by atoms with Crippen LogP contribution in [-0.2, 0) is 16.1 Å². The molecule has 3 aromatic rings. The highest BCUT2D eigenvalue weighted by molar-refractivity contribution is 5.81. The standard InChI is InChI=1S/C35H41F4N5O5/c1-46-31-27(32(49-23-35(37,38)39)41-34(40-31)48-18-14-36)21-42-19-26-20-43(33(45)29-13-8-17-47-29)15-16-44(26)28(22-42)30(24-9-4-2-5-10-24)25-11-6-3-7-12-25/h2-7,9-12,26,28-30H,8,13-23H2,1H3/t26-,28+,29-/m1/s1. The highest BCUT2D eigenvalue weighted by Gasteiger charge is 2.44. The predicted octanol–water partition coefficient (Wildman–Crippen LogP) is 4.48. The molecule has 3 fully saturated rings. The Morgan fingerprint density at radius 2 is 1.65 bits per heavy atom. The Labute approximate surface area is 282 Å². The summed E-state index contributed by atoms with van der Waals surface area (Å²) in [4.78, 5) is 28.3. The molecule has 1 aromatic heterocycles. The van der Waals surface area contributed by atoms with Crippen LogP contribution in [0.4, 0.5) is 17.6 Å². The maximum atomic E-state index is 13.5. The lowest BCUT2D eigenvalue weighted by Gasteiger charge is -2.53. The Morgan fingerprint density at radius 3 is 2.27 bits per heavy atom. The number of nitrogens with zero attached hydrogens (tertiary/aromatic N) is 5. The molecule has 0 bridgehead atoms. The number of methoxy groups -OCH3 is 1. The van der Waals surface area contributed by atoms with Crippen molar-refractivity contribution >= 4 is 5.91 Å². The van der Waals surface area contributed by atoms with Crippen molar-refractivity contribution < 1.29 is 41.3 Å². The first-order valence-electron chi connectivity index (χ1n) is 16.6. The molecule has 49 heavy (non-hydrogen) atoms. The second-order valence-corrected chi connectivity index (χ2v) is 12.5. The predicted molar refractivity (Wildman–Crippen MR) is 171 cm³/mol. The average molecular weight is 688 g/mol. The van der Waals surface area contributed by atoms with Gasteiger partial charge in [-0.3, -0.25) is 14.6 Å². The van der Waals surface area contributed by atoms with Crippen molar-refractivity contribution in [2.75, 3.05) is 66.3 Å². The largest absolute Gasteiger partial charge is 0.481 e. The molecule has 3 aliphatic rings. The summed E-state index contributed by atoms with van der Waals surface area (Å²) in [5.41, 5.74) is 2.47. The first-order chi connectivity index (χ1) is 23.7. The van der Waals surface area contributed by atoms with E-state index in [0.717, 1.165) is 17.5 Å². The molecule has 1 amide bonds. The van der Waals surface area contributed by atoms with Crippen LogP contribution in [0.3, 0.4) is 0 Å². The van der Waals surface area contributed by atoms with Gasteiger partial charge in [0.2, 0.25) is 11.8 Å². The lowest BCUT2D eigenvalue weighted by Crippen LogP contribution is -2.67. The molecule has 0 unspecified atom stereocenters. The summed E-state index contributed by atoms with van der Waals surface area (Å²) in [6, 6.07) is 20.0. The second kappa shape index (κ2) is 15.7. The minimum Gasteiger partial charge on any atom is -0.481 e. The van der Waals surface area contributed by atoms with E-state index < -0.39 is 25.6 Å². The molecule has 3 aliphatic heterocycles. The van der Waals surface area contributed by atoms with Crippen LogP contribution in [0.5, 0.6) is 17.8 Å². The maximum Gasteiger partial charge on any atom is 0.422 e. The minimum atomic E-state index is -4.63. The molecule has 264 valence electrons. The van der Waals surface area contributed by atoms with Crippen LogP contribution in [0.2, 0.25) is 0 Å². The summed E-state index contributed by atoms with van der Waals surface area (Å²) in [5.74, 6) is -0.432. The van der Waals surface area contributed by atoms with Crippen molar-refractivity contribution in [2.45, 2.75) is 49.7 Å². The zero-order valence-corrected chi connectivity index (χ0v) is 27.4. The van der Waals surface area contributed by atoms with Gasteiger partial charge in [-0.15, -0.1) is 0 Å². The molecule has 0 N–H and O–H groups in total.